The number of likely N-dealkylation sites (N-methyl/N-ethyl adjacent to an activating group) is 1. The maximum Gasteiger partial charge on any atom is 0.237 e. The molecule has 0 fully saturated rings. The lowest BCUT2D eigenvalue weighted by Crippen LogP contribution is -2.41. The molecule has 0 aliphatic heterocycles. The number of alkyl halides is 1. The molecule has 0 radical (unpaired) electrons. The molecule has 0 aliphatic rings. The number of carbonyl (C=O) groups excluding carboxylic acids is 1. The second kappa shape index (κ2) is 6.30. The number of sulfonamides is 1. The van der Waals surface area contributed by atoms with E-state index in [-0.39, 0.29) is 12.5 Å². The molecule has 90 valence electrons. The largest absolute Gasteiger partial charge is 0.348 e. The van der Waals surface area contributed by atoms with Gasteiger partial charge in [0.25, 0.3) is 0 Å². The highest BCUT2D eigenvalue weighted by atomic mass is 35.5. The monoisotopic (exact) mass is 256 g/mol. The number of carbonyl (C=O) groups is 1. The summed E-state index contributed by atoms with van der Waals surface area (Å²) in [5.74, 6) is -0.253. The Kier molecular flexibility index (Phi) is 6.16. The zero-order valence-corrected chi connectivity index (χ0v) is 10.8. The summed E-state index contributed by atoms with van der Waals surface area (Å²) in [5, 5.41) is -0.492. The van der Waals surface area contributed by atoms with E-state index in [0.717, 1.165) is 4.31 Å². The molecule has 0 heterocycles. The van der Waals surface area contributed by atoms with Crippen LogP contribution in [0.15, 0.2) is 0 Å². The number of hydrogen-bond donors (Lipinski definition) is 0. The molecule has 0 aliphatic carbocycles. The number of halogens is 1. The van der Waals surface area contributed by atoms with Gasteiger partial charge in [-0.05, 0) is 6.42 Å². The van der Waals surface area contributed by atoms with E-state index in [2.05, 4.69) is 0 Å². The SMILES string of the molecule is CCCN(CC(=O)N(C)C)S(=O)(=O)CCl. The highest BCUT2D eigenvalue weighted by molar-refractivity contribution is 7.90. The molecule has 0 saturated heterocycles. The number of hydrogen-bond acceptors (Lipinski definition) is 3. The van der Waals surface area contributed by atoms with Gasteiger partial charge >= 0.3 is 0 Å². The Hall–Kier alpha value is -0.330. The Balaban J connectivity index is 4.62. The maximum atomic E-state index is 11.5. The highest BCUT2D eigenvalue weighted by Gasteiger charge is 2.23. The summed E-state index contributed by atoms with van der Waals surface area (Å²) in [5.41, 5.74) is 0. The number of rotatable bonds is 6. The summed E-state index contributed by atoms with van der Waals surface area (Å²) in [7, 11) is -0.334. The molecule has 5 nitrogen and oxygen atoms in total. The molecule has 0 aromatic heterocycles. The van der Waals surface area contributed by atoms with Crippen molar-refractivity contribution in [3.63, 3.8) is 0 Å². The molecule has 7 heteroatoms. The second-order valence-corrected chi connectivity index (χ2v) is 5.90. The average molecular weight is 257 g/mol. The van der Waals surface area contributed by atoms with Crippen LogP contribution < -0.4 is 0 Å². The van der Waals surface area contributed by atoms with Crippen molar-refractivity contribution in [2.45, 2.75) is 13.3 Å². The van der Waals surface area contributed by atoms with Gasteiger partial charge in [0.1, 0.15) is 5.21 Å². The molecule has 1 amide bonds. The van der Waals surface area contributed by atoms with Crippen LogP contribution in [0.4, 0.5) is 0 Å². The molecule has 0 unspecified atom stereocenters. The number of nitrogens with zero attached hydrogens (tertiary/aromatic N) is 2. The molecule has 0 atom stereocenters. The predicted octanol–water partition coefficient (Wildman–Crippen LogP) is 0.313. The molecule has 0 aromatic carbocycles. The van der Waals surface area contributed by atoms with E-state index in [1.807, 2.05) is 6.92 Å². The highest BCUT2D eigenvalue weighted by Crippen LogP contribution is 2.05. The van der Waals surface area contributed by atoms with Crippen molar-refractivity contribution in [3.05, 3.63) is 0 Å². The molecule has 0 aromatic rings. The molecule has 15 heavy (non-hydrogen) atoms. The van der Waals surface area contributed by atoms with Crippen molar-refractivity contribution in [3.8, 4) is 0 Å². The Bertz CT molecular complexity index is 303. The third-order valence-electron chi connectivity index (χ3n) is 1.81. The zero-order chi connectivity index (χ0) is 12.1. The minimum Gasteiger partial charge on any atom is -0.348 e. The first kappa shape index (κ1) is 14.7. The Morgan fingerprint density at radius 1 is 1.33 bits per heavy atom. The average Bonchev–Trinajstić information content (AvgIpc) is 2.16. The van der Waals surface area contributed by atoms with Crippen LogP contribution in [-0.2, 0) is 14.8 Å². The standard InChI is InChI=1S/C8H17ClN2O3S/c1-4-5-11(15(13,14)7-9)6-8(12)10(2)3/h4-7H2,1-3H3. The van der Waals surface area contributed by atoms with Crippen molar-refractivity contribution in [2.75, 3.05) is 32.4 Å². The van der Waals surface area contributed by atoms with Gasteiger partial charge in [0.05, 0.1) is 6.54 Å². The van der Waals surface area contributed by atoms with Gasteiger partial charge in [-0.3, -0.25) is 4.79 Å². The first-order valence-corrected chi connectivity index (χ1v) is 6.73. The van der Waals surface area contributed by atoms with Gasteiger partial charge in [0.15, 0.2) is 0 Å². The van der Waals surface area contributed by atoms with Gasteiger partial charge in [-0.15, -0.1) is 11.6 Å². The van der Waals surface area contributed by atoms with Crippen LogP contribution in [-0.4, -0.2) is 55.9 Å². The van der Waals surface area contributed by atoms with Crippen LogP contribution in [0.1, 0.15) is 13.3 Å². The van der Waals surface area contributed by atoms with Gasteiger partial charge in [-0.2, -0.15) is 4.31 Å². The topological polar surface area (TPSA) is 57.7 Å². The minimum atomic E-state index is -3.50. The molecule has 0 spiro atoms. The second-order valence-electron chi connectivity index (χ2n) is 3.34. The molecule has 0 bridgehead atoms. The fraction of sp³-hybridized carbons (Fsp3) is 0.875. The third kappa shape index (κ3) is 4.81. The Morgan fingerprint density at radius 2 is 1.87 bits per heavy atom. The lowest BCUT2D eigenvalue weighted by Gasteiger charge is -2.21. The molecular weight excluding hydrogens is 240 g/mol. The normalized spacial score (nSPS) is 11.8. The Morgan fingerprint density at radius 3 is 2.20 bits per heavy atom. The summed E-state index contributed by atoms with van der Waals surface area (Å²) < 4.78 is 24.1. The van der Waals surface area contributed by atoms with Gasteiger partial charge in [0.2, 0.25) is 15.9 Å². The van der Waals surface area contributed by atoms with Crippen LogP contribution in [0.3, 0.4) is 0 Å². The van der Waals surface area contributed by atoms with Crippen molar-refractivity contribution in [1.29, 1.82) is 0 Å². The van der Waals surface area contributed by atoms with E-state index in [1.165, 1.54) is 4.90 Å². The quantitative estimate of drug-likeness (QED) is 0.643. The first-order chi connectivity index (χ1) is 6.85. The molecule has 0 N–H and O–H groups in total. The van der Waals surface area contributed by atoms with Crippen LogP contribution >= 0.6 is 11.6 Å². The smallest absolute Gasteiger partial charge is 0.237 e. The first-order valence-electron chi connectivity index (χ1n) is 4.59. The van der Waals surface area contributed by atoms with E-state index in [4.69, 9.17) is 11.6 Å². The van der Waals surface area contributed by atoms with Crippen molar-refractivity contribution >= 4 is 27.5 Å². The van der Waals surface area contributed by atoms with Crippen LogP contribution in [0, 0.1) is 0 Å². The Labute approximate surface area is 96.0 Å². The molecule has 0 saturated carbocycles. The van der Waals surface area contributed by atoms with Crippen molar-refractivity contribution in [1.82, 2.24) is 9.21 Å². The van der Waals surface area contributed by atoms with E-state index in [0.29, 0.717) is 13.0 Å². The fourth-order valence-corrected chi connectivity index (χ4v) is 2.25. The summed E-state index contributed by atoms with van der Waals surface area (Å²) in [4.78, 5) is 12.7. The van der Waals surface area contributed by atoms with Crippen molar-refractivity contribution in [2.24, 2.45) is 0 Å². The fourth-order valence-electron chi connectivity index (χ4n) is 0.927. The predicted molar refractivity (Wildman–Crippen MR) is 60.2 cm³/mol. The summed E-state index contributed by atoms with van der Waals surface area (Å²) >= 11 is 5.33. The van der Waals surface area contributed by atoms with Gasteiger partial charge < -0.3 is 4.90 Å². The maximum absolute atomic E-state index is 11.5. The summed E-state index contributed by atoms with van der Waals surface area (Å²) in [6.45, 7) is 2.02. The van der Waals surface area contributed by atoms with E-state index >= 15 is 0 Å². The van der Waals surface area contributed by atoms with Crippen LogP contribution in [0.25, 0.3) is 0 Å². The summed E-state index contributed by atoms with van der Waals surface area (Å²) in [6, 6.07) is 0. The van der Waals surface area contributed by atoms with Gasteiger partial charge in [0, 0.05) is 20.6 Å². The van der Waals surface area contributed by atoms with Gasteiger partial charge in [-0.1, -0.05) is 6.92 Å². The van der Waals surface area contributed by atoms with Crippen LogP contribution in [0.2, 0.25) is 0 Å². The van der Waals surface area contributed by atoms with E-state index in [1.54, 1.807) is 14.1 Å². The number of amides is 1. The lowest BCUT2D eigenvalue weighted by atomic mass is 10.4. The molecule has 0 rings (SSSR count). The van der Waals surface area contributed by atoms with E-state index in [9.17, 15) is 13.2 Å². The minimum absolute atomic E-state index is 0.143. The zero-order valence-electron chi connectivity index (χ0n) is 9.23. The van der Waals surface area contributed by atoms with Crippen molar-refractivity contribution < 1.29 is 13.2 Å². The van der Waals surface area contributed by atoms with Crippen LogP contribution in [0.5, 0.6) is 0 Å². The van der Waals surface area contributed by atoms with E-state index < -0.39 is 15.2 Å². The third-order valence-corrected chi connectivity index (χ3v) is 4.02. The summed E-state index contributed by atoms with van der Waals surface area (Å²) in [6.07, 6.45) is 0.650. The molecular formula is C8H17ClN2O3S. The van der Waals surface area contributed by atoms with Gasteiger partial charge in [-0.25, -0.2) is 8.42 Å². The lowest BCUT2D eigenvalue weighted by molar-refractivity contribution is -0.128.